The summed E-state index contributed by atoms with van der Waals surface area (Å²) in [5.41, 5.74) is 3.24. The average Bonchev–Trinajstić information content (AvgIpc) is 2.66. The number of aryl methyl sites for hydroxylation is 3. The van der Waals surface area contributed by atoms with E-state index in [9.17, 15) is 4.79 Å². The zero-order valence-corrected chi connectivity index (χ0v) is 17.5. The number of aromatic nitrogens is 2. The molecule has 0 radical (unpaired) electrons. The van der Waals surface area contributed by atoms with E-state index in [1.54, 1.807) is 0 Å². The molecular formula is C22H30N4O2. The van der Waals surface area contributed by atoms with Gasteiger partial charge >= 0.3 is 0 Å². The number of ether oxygens (including phenoxy) is 1. The number of hydrogen-bond acceptors (Lipinski definition) is 5. The first-order valence-electron chi connectivity index (χ1n) is 9.92. The number of carbonyl (C=O) groups is 1. The van der Waals surface area contributed by atoms with Crippen molar-refractivity contribution < 1.29 is 9.53 Å². The van der Waals surface area contributed by atoms with Crippen molar-refractivity contribution in [3.63, 3.8) is 0 Å². The third-order valence-electron chi connectivity index (χ3n) is 5.14. The van der Waals surface area contributed by atoms with Crippen molar-refractivity contribution >= 4 is 11.7 Å². The number of rotatable bonds is 5. The van der Waals surface area contributed by atoms with Crippen LogP contribution in [0, 0.1) is 20.8 Å². The molecule has 0 spiro atoms. The van der Waals surface area contributed by atoms with Crippen LogP contribution in [0.2, 0.25) is 0 Å². The summed E-state index contributed by atoms with van der Waals surface area (Å²) in [6.07, 6.45) is 0. The lowest BCUT2D eigenvalue weighted by molar-refractivity contribution is -0.133. The number of anilines is 1. The van der Waals surface area contributed by atoms with E-state index in [0.717, 1.165) is 41.7 Å². The van der Waals surface area contributed by atoms with Crippen LogP contribution in [0.3, 0.4) is 0 Å². The summed E-state index contributed by atoms with van der Waals surface area (Å²) in [5, 5.41) is 0. The highest BCUT2D eigenvalue weighted by Gasteiger charge is 2.22. The van der Waals surface area contributed by atoms with E-state index < -0.39 is 0 Å². The Morgan fingerprint density at radius 3 is 2.43 bits per heavy atom. The van der Waals surface area contributed by atoms with Crippen molar-refractivity contribution in [1.82, 2.24) is 14.9 Å². The van der Waals surface area contributed by atoms with Crippen LogP contribution in [0.5, 0.6) is 5.75 Å². The maximum atomic E-state index is 12.6. The molecule has 1 aromatic heterocycles. The molecule has 2 aromatic rings. The number of hydrogen-bond donors (Lipinski definition) is 0. The second-order valence-electron chi connectivity index (χ2n) is 7.75. The van der Waals surface area contributed by atoms with Gasteiger partial charge in [0.2, 0.25) is 0 Å². The van der Waals surface area contributed by atoms with Gasteiger partial charge < -0.3 is 14.5 Å². The van der Waals surface area contributed by atoms with Gasteiger partial charge in [-0.15, -0.1) is 0 Å². The van der Waals surface area contributed by atoms with E-state index in [4.69, 9.17) is 4.74 Å². The standard InChI is InChI=1S/C22H30N4O2/c1-15(2)19-7-6-16(3)20(13-19)28-14-22(27)26-10-8-25(9-11-26)21-12-17(4)23-18(5)24-21/h6-7,12-13,15H,8-11,14H2,1-5H3. The Labute approximate surface area is 167 Å². The summed E-state index contributed by atoms with van der Waals surface area (Å²) >= 11 is 0. The quantitative estimate of drug-likeness (QED) is 0.794. The molecule has 0 bridgehead atoms. The molecule has 1 aliphatic rings. The molecule has 1 fully saturated rings. The van der Waals surface area contributed by atoms with Crippen LogP contribution >= 0.6 is 0 Å². The number of piperazine rings is 1. The first-order valence-corrected chi connectivity index (χ1v) is 9.92. The second-order valence-corrected chi connectivity index (χ2v) is 7.75. The molecule has 0 N–H and O–H groups in total. The molecule has 28 heavy (non-hydrogen) atoms. The van der Waals surface area contributed by atoms with E-state index in [1.807, 2.05) is 37.8 Å². The molecule has 6 heteroatoms. The smallest absolute Gasteiger partial charge is 0.260 e. The van der Waals surface area contributed by atoms with Gasteiger partial charge in [-0.05, 0) is 43.9 Å². The second kappa shape index (κ2) is 8.59. The van der Waals surface area contributed by atoms with Gasteiger partial charge in [0.05, 0.1) is 0 Å². The minimum atomic E-state index is 0.0315. The van der Waals surface area contributed by atoms with Crippen LogP contribution in [0.4, 0.5) is 5.82 Å². The lowest BCUT2D eigenvalue weighted by Gasteiger charge is -2.35. The van der Waals surface area contributed by atoms with Gasteiger partial charge in [0.15, 0.2) is 6.61 Å². The SMILES string of the molecule is Cc1cc(N2CCN(C(=O)COc3cc(C(C)C)ccc3C)CC2)nc(C)n1. The first kappa shape index (κ1) is 20.1. The molecular weight excluding hydrogens is 352 g/mol. The molecule has 0 unspecified atom stereocenters. The van der Waals surface area contributed by atoms with Crippen LogP contribution < -0.4 is 9.64 Å². The van der Waals surface area contributed by atoms with Crippen LogP contribution in [0.1, 0.15) is 42.4 Å². The Hall–Kier alpha value is -2.63. The summed E-state index contributed by atoms with van der Waals surface area (Å²) in [7, 11) is 0. The highest BCUT2D eigenvalue weighted by atomic mass is 16.5. The Balaban J connectivity index is 1.55. The van der Waals surface area contributed by atoms with Gasteiger partial charge in [0.25, 0.3) is 5.91 Å². The Kier molecular flexibility index (Phi) is 6.17. The third-order valence-corrected chi connectivity index (χ3v) is 5.14. The lowest BCUT2D eigenvalue weighted by Crippen LogP contribution is -2.50. The molecule has 0 saturated carbocycles. The van der Waals surface area contributed by atoms with Gasteiger partial charge in [-0.3, -0.25) is 4.79 Å². The fourth-order valence-electron chi connectivity index (χ4n) is 3.41. The molecule has 1 saturated heterocycles. The van der Waals surface area contributed by atoms with Crippen molar-refractivity contribution in [1.29, 1.82) is 0 Å². The predicted molar refractivity (Wildman–Crippen MR) is 111 cm³/mol. The molecule has 1 aliphatic heterocycles. The van der Waals surface area contributed by atoms with Crippen molar-refractivity contribution in [2.24, 2.45) is 0 Å². The van der Waals surface area contributed by atoms with Crippen molar-refractivity contribution in [2.45, 2.75) is 40.5 Å². The van der Waals surface area contributed by atoms with Crippen LogP contribution in [-0.2, 0) is 4.79 Å². The van der Waals surface area contributed by atoms with E-state index in [1.165, 1.54) is 5.56 Å². The molecule has 0 atom stereocenters. The van der Waals surface area contributed by atoms with Crippen LogP contribution in [0.25, 0.3) is 0 Å². The summed E-state index contributed by atoms with van der Waals surface area (Å²) in [6.45, 7) is 13.2. The van der Waals surface area contributed by atoms with E-state index in [0.29, 0.717) is 19.0 Å². The highest BCUT2D eigenvalue weighted by molar-refractivity contribution is 5.78. The molecule has 6 nitrogen and oxygen atoms in total. The van der Waals surface area contributed by atoms with Crippen LogP contribution in [-0.4, -0.2) is 53.6 Å². The predicted octanol–water partition coefficient (Wildman–Crippen LogP) is 3.25. The summed E-state index contributed by atoms with van der Waals surface area (Å²) in [6, 6.07) is 8.22. The monoisotopic (exact) mass is 382 g/mol. The topological polar surface area (TPSA) is 58.6 Å². The largest absolute Gasteiger partial charge is 0.483 e. The zero-order valence-electron chi connectivity index (χ0n) is 17.5. The number of benzene rings is 1. The molecule has 2 heterocycles. The molecule has 3 rings (SSSR count). The fourth-order valence-corrected chi connectivity index (χ4v) is 3.41. The van der Waals surface area contributed by atoms with Gasteiger partial charge in [0, 0.05) is 37.9 Å². The van der Waals surface area contributed by atoms with E-state index in [-0.39, 0.29) is 12.5 Å². The maximum absolute atomic E-state index is 12.6. The Morgan fingerprint density at radius 1 is 1.07 bits per heavy atom. The number of amides is 1. The summed E-state index contributed by atoms with van der Waals surface area (Å²) < 4.78 is 5.86. The van der Waals surface area contributed by atoms with Gasteiger partial charge in [-0.25, -0.2) is 9.97 Å². The van der Waals surface area contributed by atoms with Crippen LogP contribution in [0.15, 0.2) is 24.3 Å². The molecule has 1 amide bonds. The first-order chi connectivity index (χ1) is 13.3. The lowest BCUT2D eigenvalue weighted by atomic mass is 10.0. The summed E-state index contributed by atoms with van der Waals surface area (Å²) in [5.74, 6) is 2.98. The molecule has 0 aliphatic carbocycles. The Morgan fingerprint density at radius 2 is 1.79 bits per heavy atom. The minimum absolute atomic E-state index is 0.0315. The normalized spacial score (nSPS) is 14.5. The number of carbonyl (C=O) groups excluding carboxylic acids is 1. The van der Waals surface area contributed by atoms with Gasteiger partial charge in [0.1, 0.15) is 17.4 Å². The average molecular weight is 383 g/mol. The van der Waals surface area contributed by atoms with Crippen molar-refractivity contribution in [2.75, 3.05) is 37.7 Å². The molecule has 150 valence electrons. The third kappa shape index (κ3) is 4.80. The fraction of sp³-hybridized carbons (Fsp3) is 0.500. The number of nitrogens with zero attached hydrogens (tertiary/aromatic N) is 4. The van der Waals surface area contributed by atoms with E-state index >= 15 is 0 Å². The van der Waals surface area contributed by atoms with Gasteiger partial charge in [-0.2, -0.15) is 0 Å². The zero-order chi connectivity index (χ0) is 20.3. The van der Waals surface area contributed by atoms with E-state index in [2.05, 4.69) is 40.8 Å². The van der Waals surface area contributed by atoms with Crippen molar-refractivity contribution in [3.05, 3.63) is 46.9 Å². The highest BCUT2D eigenvalue weighted by Crippen LogP contribution is 2.24. The maximum Gasteiger partial charge on any atom is 0.260 e. The Bertz CT molecular complexity index is 822. The molecule has 1 aromatic carbocycles. The van der Waals surface area contributed by atoms with Gasteiger partial charge in [-0.1, -0.05) is 26.0 Å². The van der Waals surface area contributed by atoms with Crippen molar-refractivity contribution in [3.8, 4) is 5.75 Å². The minimum Gasteiger partial charge on any atom is -0.483 e. The summed E-state index contributed by atoms with van der Waals surface area (Å²) in [4.78, 5) is 25.5.